The number of piperidine rings is 1. The Labute approximate surface area is 120 Å². The standard InChI is InChI=1S/C16H22N2O2/c1-13(19)17-10-7-14-8-11-18(12-9-14)16(20)15-5-3-2-4-6-15/h2-6,14H,7-12H2,1H3,(H,17,19). The molecule has 1 N–H and O–H groups in total. The minimum Gasteiger partial charge on any atom is -0.356 e. The molecule has 0 radical (unpaired) electrons. The van der Waals surface area contributed by atoms with Crippen molar-refractivity contribution >= 4 is 11.8 Å². The van der Waals surface area contributed by atoms with Crippen LogP contribution in [-0.4, -0.2) is 36.3 Å². The zero-order chi connectivity index (χ0) is 14.4. The SMILES string of the molecule is CC(=O)NCCC1CCN(C(=O)c2ccccc2)CC1. The van der Waals surface area contributed by atoms with E-state index < -0.39 is 0 Å². The van der Waals surface area contributed by atoms with Crippen molar-refractivity contribution in [3.8, 4) is 0 Å². The Kier molecular flexibility index (Phi) is 5.16. The Hall–Kier alpha value is -1.84. The fourth-order valence-electron chi connectivity index (χ4n) is 2.64. The van der Waals surface area contributed by atoms with E-state index in [2.05, 4.69) is 5.32 Å². The van der Waals surface area contributed by atoms with Gasteiger partial charge in [0.05, 0.1) is 0 Å². The van der Waals surface area contributed by atoms with Gasteiger partial charge in [-0.25, -0.2) is 0 Å². The number of hydrogen-bond acceptors (Lipinski definition) is 2. The summed E-state index contributed by atoms with van der Waals surface area (Å²) in [5.74, 6) is 0.772. The summed E-state index contributed by atoms with van der Waals surface area (Å²) in [7, 11) is 0. The molecule has 2 amide bonds. The molecule has 1 heterocycles. The maximum atomic E-state index is 12.3. The summed E-state index contributed by atoms with van der Waals surface area (Å²) >= 11 is 0. The van der Waals surface area contributed by atoms with Gasteiger partial charge in [0.2, 0.25) is 5.91 Å². The molecule has 2 rings (SSSR count). The molecule has 0 saturated carbocycles. The van der Waals surface area contributed by atoms with Crippen LogP contribution in [0.1, 0.15) is 36.5 Å². The molecule has 4 heteroatoms. The van der Waals surface area contributed by atoms with Crippen molar-refractivity contribution in [2.24, 2.45) is 5.92 Å². The molecule has 0 aliphatic carbocycles. The number of nitrogens with zero attached hydrogens (tertiary/aromatic N) is 1. The number of rotatable bonds is 4. The van der Waals surface area contributed by atoms with Gasteiger partial charge in [0.1, 0.15) is 0 Å². The molecule has 0 bridgehead atoms. The molecule has 1 saturated heterocycles. The Morgan fingerprint density at radius 3 is 2.45 bits per heavy atom. The van der Waals surface area contributed by atoms with Gasteiger partial charge in [-0.2, -0.15) is 0 Å². The summed E-state index contributed by atoms with van der Waals surface area (Å²) in [4.78, 5) is 25.0. The van der Waals surface area contributed by atoms with E-state index in [4.69, 9.17) is 0 Å². The lowest BCUT2D eigenvalue weighted by atomic mass is 9.93. The second-order valence-corrected chi connectivity index (χ2v) is 5.37. The molecule has 1 aromatic rings. The van der Waals surface area contributed by atoms with Crippen LogP contribution in [0, 0.1) is 5.92 Å². The molecule has 0 aromatic heterocycles. The van der Waals surface area contributed by atoms with Crippen LogP contribution in [0.2, 0.25) is 0 Å². The van der Waals surface area contributed by atoms with Gasteiger partial charge in [-0.3, -0.25) is 9.59 Å². The largest absolute Gasteiger partial charge is 0.356 e. The summed E-state index contributed by atoms with van der Waals surface area (Å²) in [5, 5.41) is 2.83. The maximum Gasteiger partial charge on any atom is 0.253 e. The zero-order valence-electron chi connectivity index (χ0n) is 12.0. The number of carbonyl (C=O) groups excluding carboxylic acids is 2. The van der Waals surface area contributed by atoms with Gasteiger partial charge in [0, 0.05) is 32.1 Å². The molecule has 108 valence electrons. The Bertz CT molecular complexity index is 451. The predicted octanol–water partition coefficient (Wildman–Crippen LogP) is 2.06. The normalized spacial score (nSPS) is 15.9. The minimum atomic E-state index is 0.0293. The van der Waals surface area contributed by atoms with Crippen LogP contribution < -0.4 is 5.32 Å². The fraction of sp³-hybridized carbons (Fsp3) is 0.500. The number of benzene rings is 1. The molecule has 1 aromatic carbocycles. The molecular weight excluding hydrogens is 252 g/mol. The van der Waals surface area contributed by atoms with E-state index in [1.54, 1.807) is 6.92 Å². The molecule has 1 aliphatic heterocycles. The molecule has 1 aliphatic rings. The lowest BCUT2D eigenvalue weighted by molar-refractivity contribution is -0.119. The second-order valence-electron chi connectivity index (χ2n) is 5.37. The van der Waals surface area contributed by atoms with Crippen molar-refractivity contribution in [1.82, 2.24) is 10.2 Å². The Morgan fingerprint density at radius 1 is 1.20 bits per heavy atom. The zero-order valence-corrected chi connectivity index (χ0v) is 12.0. The van der Waals surface area contributed by atoms with Gasteiger partial charge in [-0.15, -0.1) is 0 Å². The molecule has 1 fully saturated rings. The quantitative estimate of drug-likeness (QED) is 0.913. The van der Waals surface area contributed by atoms with Crippen molar-refractivity contribution < 1.29 is 9.59 Å². The van der Waals surface area contributed by atoms with E-state index in [1.807, 2.05) is 35.2 Å². The van der Waals surface area contributed by atoms with Gasteiger partial charge in [0.25, 0.3) is 5.91 Å². The van der Waals surface area contributed by atoms with Crippen LogP contribution in [0.15, 0.2) is 30.3 Å². The van der Waals surface area contributed by atoms with E-state index in [9.17, 15) is 9.59 Å². The third-order valence-electron chi connectivity index (χ3n) is 3.85. The predicted molar refractivity (Wildman–Crippen MR) is 78.4 cm³/mol. The first-order valence-electron chi connectivity index (χ1n) is 7.25. The molecule has 0 spiro atoms. The van der Waals surface area contributed by atoms with Crippen molar-refractivity contribution in [3.63, 3.8) is 0 Å². The summed E-state index contributed by atoms with van der Waals surface area (Å²) in [5.41, 5.74) is 0.768. The van der Waals surface area contributed by atoms with E-state index in [-0.39, 0.29) is 11.8 Å². The van der Waals surface area contributed by atoms with Crippen molar-refractivity contribution in [1.29, 1.82) is 0 Å². The molecular formula is C16H22N2O2. The average molecular weight is 274 g/mol. The monoisotopic (exact) mass is 274 g/mol. The van der Waals surface area contributed by atoms with E-state index >= 15 is 0 Å². The lowest BCUT2D eigenvalue weighted by Gasteiger charge is -2.32. The van der Waals surface area contributed by atoms with Crippen LogP contribution in [0.5, 0.6) is 0 Å². The highest BCUT2D eigenvalue weighted by Crippen LogP contribution is 2.21. The summed E-state index contributed by atoms with van der Waals surface area (Å²) in [6.45, 7) is 3.92. The molecule has 4 nitrogen and oxygen atoms in total. The fourth-order valence-corrected chi connectivity index (χ4v) is 2.64. The first kappa shape index (κ1) is 14.6. The van der Waals surface area contributed by atoms with E-state index in [0.29, 0.717) is 5.92 Å². The second kappa shape index (κ2) is 7.08. The third kappa shape index (κ3) is 4.08. The number of hydrogen-bond donors (Lipinski definition) is 1. The number of amides is 2. The van der Waals surface area contributed by atoms with Gasteiger partial charge in [-0.05, 0) is 37.3 Å². The third-order valence-corrected chi connectivity index (χ3v) is 3.85. The van der Waals surface area contributed by atoms with E-state index in [0.717, 1.165) is 44.5 Å². The van der Waals surface area contributed by atoms with Crippen LogP contribution in [-0.2, 0) is 4.79 Å². The van der Waals surface area contributed by atoms with Crippen molar-refractivity contribution in [2.45, 2.75) is 26.2 Å². The summed E-state index contributed by atoms with van der Waals surface area (Å²) in [6.07, 6.45) is 3.06. The van der Waals surface area contributed by atoms with Crippen molar-refractivity contribution in [3.05, 3.63) is 35.9 Å². The smallest absolute Gasteiger partial charge is 0.253 e. The van der Waals surface area contributed by atoms with Crippen LogP contribution in [0.3, 0.4) is 0 Å². The first-order valence-corrected chi connectivity index (χ1v) is 7.25. The Morgan fingerprint density at radius 2 is 1.85 bits per heavy atom. The van der Waals surface area contributed by atoms with Gasteiger partial charge in [0.15, 0.2) is 0 Å². The lowest BCUT2D eigenvalue weighted by Crippen LogP contribution is -2.39. The molecule has 0 unspecified atom stereocenters. The summed E-state index contributed by atoms with van der Waals surface area (Å²) < 4.78 is 0. The number of likely N-dealkylation sites (tertiary alicyclic amines) is 1. The molecule has 20 heavy (non-hydrogen) atoms. The molecule has 0 atom stereocenters. The summed E-state index contributed by atoms with van der Waals surface area (Å²) in [6, 6.07) is 9.45. The number of nitrogens with one attached hydrogen (secondary N) is 1. The highest BCUT2D eigenvalue weighted by Gasteiger charge is 2.23. The van der Waals surface area contributed by atoms with E-state index in [1.165, 1.54) is 0 Å². The van der Waals surface area contributed by atoms with Gasteiger partial charge >= 0.3 is 0 Å². The number of carbonyl (C=O) groups is 2. The highest BCUT2D eigenvalue weighted by molar-refractivity contribution is 5.94. The minimum absolute atomic E-state index is 0.0293. The van der Waals surface area contributed by atoms with Crippen LogP contribution in [0.4, 0.5) is 0 Å². The maximum absolute atomic E-state index is 12.3. The highest BCUT2D eigenvalue weighted by atomic mass is 16.2. The first-order chi connectivity index (χ1) is 9.66. The topological polar surface area (TPSA) is 49.4 Å². The van der Waals surface area contributed by atoms with Gasteiger partial charge < -0.3 is 10.2 Å². The van der Waals surface area contributed by atoms with Crippen LogP contribution in [0.25, 0.3) is 0 Å². The average Bonchev–Trinajstić information content (AvgIpc) is 2.48. The Balaban J connectivity index is 1.77. The van der Waals surface area contributed by atoms with Crippen LogP contribution >= 0.6 is 0 Å². The van der Waals surface area contributed by atoms with Crippen molar-refractivity contribution in [2.75, 3.05) is 19.6 Å². The van der Waals surface area contributed by atoms with Gasteiger partial charge in [-0.1, -0.05) is 18.2 Å².